The zero-order chi connectivity index (χ0) is 22.1. The SMILES string of the molecule is CCOc1cc(CNCCc2ccccc2OC)cc(Cl)c1OCc1ccccc1F.Cl. The van der Waals surface area contributed by atoms with Crippen molar-refractivity contribution in [3.8, 4) is 17.2 Å². The second-order valence-corrected chi connectivity index (χ2v) is 7.36. The van der Waals surface area contributed by atoms with E-state index in [0.717, 1.165) is 29.8 Å². The summed E-state index contributed by atoms with van der Waals surface area (Å²) < 4.78 is 30.8. The molecule has 0 fully saturated rings. The molecule has 0 amide bonds. The van der Waals surface area contributed by atoms with Crippen LogP contribution in [0.1, 0.15) is 23.6 Å². The van der Waals surface area contributed by atoms with E-state index in [2.05, 4.69) is 11.4 Å². The van der Waals surface area contributed by atoms with E-state index in [-0.39, 0.29) is 24.8 Å². The summed E-state index contributed by atoms with van der Waals surface area (Å²) in [7, 11) is 1.68. The molecule has 7 heteroatoms. The third kappa shape index (κ3) is 7.02. The monoisotopic (exact) mass is 479 g/mol. The number of hydrogen-bond donors (Lipinski definition) is 1. The van der Waals surface area contributed by atoms with Gasteiger partial charge in [-0.15, -0.1) is 12.4 Å². The number of ether oxygens (including phenoxy) is 3. The molecule has 0 aliphatic rings. The Hall–Kier alpha value is -2.47. The van der Waals surface area contributed by atoms with Crippen LogP contribution in [0.25, 0.3) is 0 Å². The van der Waals surface area contributed by atoms with E-state index in [0.29, 0.717) is 35.2 Å². The Morgan fingerprint density at radius 3 is 2.38 bits per heavy atom. The summed E-state index contributed by atoms with van der Waals surface area (Å²) in [6.07, 6.45) is 0.847. The van der Waals surface area contributed by atoms with Gasteiger partial charge in [0.15, 0.2) is 11.5 Å². The number of hydrogen-bond acceptors (Lipinski definition) is 4. The van der Waals surface area contributed by atoms with Crippen LogP contribution in [0, 0.1) is 5.82 Å². The maximum absolute atomic E-state index is 13.9. The number of para-hydroxylation sites is 1. The molecule has 4 nitrogen and oxygen atoms in total. The maximum Gasteiger partial charge on any atom is 0.180 e. The molecule has 0 radical (unpaired) electrons. The van der Waals surface area contributed by atoms with Crippen molar-refractivity contribution in [2.45, 2.75) is 26.5 Å². The quantitative estimate of drug-likeness (QED) is 0.331. The minimum absolute atomic E-state index is 0. The van der Waals surface area contributed by atoms with Gasteiger partial charge in [-0.1, -0.05) is 48.0 Å². The minimum Gasteiger partial charge on any atom is -0.496 e. The number of halogens is 3. The van der Waals surface area contributed by atoms with E-state index >= 15 is 0 Å². The molecule has 0 heterocycles. The normalized spacial score (nSPS) is 10.4. The Kier molecular flexibility index (Phi) is 10.6. The van der Waals surface area contributed by atoms with E-state index in [9.17, 15) is 4.39 Å². The molecule has 3 aromatic carbocycles. The maximum atomic E-state index is 13.9. The van der Waals surface area contributed by atoms with Crippen LogP contribution in [0.15, 0.2) is 60.7 Å². The fourth-order valence-corrected chi connectivity index (χ4v) is 3.54. The largest absolute Gasteiger partial charge is 0.496 e. The van der Waals surface area contributed by atoms with Gasteiger partial charge in [0.2, 0.25) is 0 Å². The third-order valence-corrected chi connectivity index (χ3v) is 5.07. The highest BCUT2D eigenvalue weighted by atomic mass is 35.5. The lowest BCUT2D eigenvalue weighted by Crippen LogP contribution is -2.17. The van der Waals surface area contributed by atoms with Crippen molar-refractivity contribution in [1.82, 2.24) is 5.32 Å². The van der Waals surface area contributed by atoms with Crippen LogP contribution in [0.3, 0.4) is 0 Å². The third-order valence-electron chi connectivity index (χ3n) is 4.79. The van der Waals surface area contributed by atoms with Crippen LogP contribution in [-0.2, 0) is 19.6 Å². The van der Waals surface area contributed by atoms with E-state index in [1.807, 2.05) is 37.3 Å². The lowest BCUT2D eigenvalue weighted by Gasteiger charge is -2.16. The first kappa shape index (κ1) is 25.8. The summed E-state index contributed by atoms with van der Waals surface area (Å²) >= 11 is 6.48. The smallest absolute Gasteiger partial charge is 0.180 e. The average molecular weight is 480 g/mol. The zero-order valence-corrected chi connectivity index (χ0v) is 19.8. The fraction of sp³-hybridized carbons (Fsp3) is 0.280. The van der Waals surface area contributed by atoms with Crippen molar-refractivity contribution in [2.75, 3.05) is 20.3 Å². The van der Waals surface area contributed by atoms with Crippen molar-refractivity contribution >= 4 is 24.0 Å². The van der Waals surface area contributed by atoms with Crippen molar-refractivity contribution in [1.29, 1.82) is 0 Å². The lowest BCUT2D eigenvalue weighted by molar-refractivity contribution is 0.266. The summed E-state index contributed by atoms with van der Waals surface area (Å²) in [6.45, 7) is 3.85. The van der Waals surface area contributed by atoms with Crippen molar-refractivity contribution < 1.29 is 18.6 Å². The number of benzene rings is 3. The number of methoxy groups -OCH3 is 1. The van der Waals surface area contributed by atoms with Gasteiger partial charge in [-0.2, -0.15) is 0 Å². The number of nitrogens with one attached hydrogen (secondary N) is 1. The van der Waals surface area contributed by atoms with Crippen LogP contribution in [0.5, 0.6) is 17.2 Å². The highest BCUT2D eigenvalue weighted by Gasteiger charge is 2.14. The van der Waals surface area contributed by atoms with Gasteiger partial charge in [0, 0.05) is 12.1 Å². The fourth-order valence-electron chi connectivity index (χ4n) is 3.26. The van der Waals surface area contributed by atoms with Gasteiger partial charge < -0.3 is 19.5 Å². The van der Waals surface area contributed by atoms with Gasteiger partial charge in [0.25, 0.3) is 0 Å². The molecule has 32 heavy (non-hydrogen) atoms. The van der Waals surface area contributed by atoms with E-state index < -0.39 is 0 Å². The summed E-state index contributed by atoms with van der Waals surface area (Å²) in [5, 5.41) is 3.86. The molecule has 0 saturated heterocycles. The Morgan fingerprint density at radius 1 is 0.938 bits per heavy atom. The van der Waals surface area contributed by atoms with E-state index in [4.69, 9.17) is 25.8 Å². The molecular weight excluding hydrogens is 452 g/mol. The van der Waals surface area contributed by atoms with Gasteiger partial charge >= 0.3 is 0 Å². The van der Waals surface area contributed by atoms with Gasteiger partial charge in [0.1, 0.15) is 18.2 Å². The zero-order valence-electron chi connectivity index (χ0n) is 18.2. The van der Waals surface area contributed by atoms with Gasteiger partial charge in [0.05, 0.1) is 18.7 Å². The molecule has 0 aliphatic carbocycles. The topological polar surface area (TPSA) is 39.7 Å². The predicted molar refractivity (Wildman–Crippen MR) is 129 cm³/mol. The Bertz CT molecular complexity index is 1000. The summed E-state index contributed by atoms with van der Waals surface area (Å²) in [5.41, 5.74) is 2.59. The molecule has 0 aromatic heterocycles. The van der Waals surface area contributed by atoms with Crippen molar-refractivity contribution in [2.24, 2.45) is 0 Å². The van der Waals surface area contributed by atoms with Crippen LogP contribution in [0.4, 0.5) is 4.39 Å². The minimum atomic E-state index is -0.313. The molecular formula is C25H28Cl2FNO3. The average Bonchev–Trinajstić information content (AvgIpc) is 2.77. The Morgan fingerprint density at radius 2 is 1.66 bits per heavy atom. The van der Waals surface area contributed by atoms with Gasteiger partial charge in [-0.05, 0) is 55.3 Å². The second-order valence-electron chi connectivity index (χ2n) is 6.96. The predicted octanol–water partition coefficient (Wildman–Crippen LogP) is 6.22. The first-order valence-electron chi connectivity index (χ1n) is 10.3. The molecule has 172 valence electrons. The van der Waals surface area contributed by atoms with Crippen LogP contribution in [-0.4, -0.2) is 20.3 Å². The highest BCUT2D eigenvalue weighted by Crippen LogP contribution is 2.37. The molecule has 0 bridgehead atoms. The van der Waals surface area contributed by atoms with E-state index in [1.54, 1.807) is 25.3 Å². The second kappa shape index (κ2) is 13.2. The molecule has 0 saturated carbocycles. The molecule has 3 rings (SSSR count). The number of rotatable bonds is 11. The summed E-state index contributed by atoms with van der Waals surface area (Å²) in [6, 6.07) is 18.2. The molecule has 0 atom stereocenters. The van der Waals surface area contributed by atoms with Crippen molar-refractivity contribution in [3.63, 3.8) is 0 Å². The molecule has 0 spiro atoms. The van der Waals surface area contributed by atoms with Gasteiger partial charge in [-0.3, -0.25) is 0 Å². The van der Waals surface area contributed by atoms with Crippen molar-refractivity contribution in [3.05, 3.63) is 88.2 Å². The lowest BCUT2D eigenvalue weighted by atomic mass is 10.1. The van der Waals surface area contributed by atoms with Crippen LogP contribution < -0.4 is 19.5 Å². The standard InChI is InChI=1S/C25H27ClFNO3.ClH/c1-3-30-24-15-18(16-28-13-12-19-8-5-7-11-23(19)29-2)14-21(26)25(24)31-17-20-9-4-6-10-22(20)27;/h4-11,14-15,28H,3,12-13,16-17H2,1-2H3;1H. The first-order chi connectivity index (χ1) is 15.1. The van der Waals surface area contributed by atoms with Gasteiger partial charge in [-0.25, -0.2) is 4.39 Å². The first-order valence-corrected chi connectivity index (χ1v) is 10.6. The molecule has 0 aliphatic heterocycles. The molecule has 3 aromatic rings. The molecule has 0 unspecified atom stereocenters. The summed E-state index contributed by atoms with van der Waals surface area (Å²) in [4.78, 5) is 0. The molecule has 1 N–H and O–H groups in total. The summed E-state index contributed by atoms with van der Waals surface area (Å²) in [5.74, 6) is 1.55. The Labute approximate surface area is 200 Å². The van der Waals surface area contributed by atoms with Crippen LogP contribution >= 0.6 is 24.0 Å². The van der Waals surface area contributed by atoms with E-state index in [1.165, 1.54) is 6.07 Å². The van der Waals surface area contributed by atoms with Crippen LogP contribution in [0.2, 0.25) is 5.02 Å². The Balaban J connectivity index is 0.00000363. The highest BCUT2D eigenvalue weighted by molar-refractivity contribution is 6.32.